The molecule has 2 unspecified atom stereocenters. The minimum absolute atomic E-state index is 0.301. The minimum atomic E-state index is 0.301. The van der Waals surface area contributed by atoms with E-state index in [0.717, 1.165) is 49.2 Å². The number of hydrogen-bond donors (Lipinski definition) is 2. The second-order valence-electron chi connectivity index (χ2n) is 6.37. The first kappa shape index (κ1) is 13.2. The molecule has 0 spiro atoms. The van der Waals surface area contributed by atoms with Gasteiger partial charge in [0.25, 0.3) is 0 Å². The molecule has 1 saturated heterocycles. The van der Waals surface area contributed by atoms with Gasteiger partial charge in [0.15, 0.2) is 11.5 Å². The molecule has 2 atom stereocenters. The summed E-state index contributed by atoms with van der Waals surface area (Å²) in [7, 11) is 2.15. The van der Waals surface area contributed by atoms with Gasteiger partial charge in [-0.1, -0.05) is 0 Å². The van der Waals surface area contributed by atoms with Crippen LogP contribution in [0.15, 0.2) is 0 Å². The summed E-state index contributed by atoms with van der Waals surface area (Å²) in [5.41, 5.74) is 9.17. The molecule has 114 valence electrons. The van der Waals surface area contributed by atoms with Crippen molar-refractivity contribution in [2.45, 2.75) is 25.3 Å². The van der Waals surface area contributed by atoms with Crippen LogP contribution in [0, 0.1) is 5.92 Å². The van der Waals surface area contributed by atoms with Crippen molar-refractivity contribution in [3.8, 4) is 17.2 Å². The van der Waals surface area contributed by atoms with E-state index < -0.39 is 0 Å². The Balaban J connectivity index is 1.86. The number of hydrogen-bond acceptors (Lipinski definition) is 5. The lowest BCUT2D eigenvalue weighted by molar-refractivity contribution is 0.295. The monoisotopic (exact) mass is 290 g/mol. The Labute approximate surface area is 124 Å². The summed E-state index contributed by atoms with van der Waals surface area (Å²) in [5.74, 6) is 2.43. The molecule has 0 bridgehead atoms. The average Bonchev–Trinajstić information content (AvgIpc) is 3.19. The molecule has 3 aliphatic heterocycles. The van der Waals surface area contributed by atoms with Crippen LogP contribution in [-0.2, 0) is 12.8 Å². The number of ether oxygens (including phenoxy) is 2. The van der Waals surface area contributed by atoms with Crippen LogP contribution >= 0.6 is 0 Å². The third kappa shape index (κ3) is 1.84. The highest BCUT2D eigenvalue weighted by atomic mass is 16.5. The Morgan fingerprint density at radius 1 is 1.19 bits per heavy atom. The van der Waals surface area contributed by atoms with Crippen LogP contribution in [0.1, 0.15) is 29.2 Å². The normalized spacial score (nSPS) is 27.3. The predicted molar refractivity (Wildman–Crippen MR) is 79.0 cm³/mol. The Morgan fingerprint density at radius 3 is 2.62 bits per heavy atom. The van der Waals surface area contributed by atoms with Crippen molar-refractivity contribution < 1.29 is 14.6 Å². The molecule has 21 heavy (non-hydrogen) atoms. The molecule has 3 aliphatic rings. The molecule has 1 aromatic rings. The molecular formula is C16H22N2O3. The highest BCUT2D eigenvalue weighted by Gasteiger charge is 2.39. The predicted octanol–water partition coefficient (Wildman–Crippen LogP) is 1.21. The second-order valence-corrected chi connectivity index (χ2v) is 6.37. The lowest BCUT2D eigenvalue weighted by atomic mass is 9.91. The van der Waals surface area contributed by atoms with Gasteiger partial charge >= 0.3 is 0 Å². The molecule has 0 aliphatic carbocycles. The van der Waals surface area contributed by atoms with Crippen LogP contribution in [0.5, 0.6) is 17.2 Å². The first-order chi connectivity index (χ1) is 10.2. The van der Waals surface area contributed by atoms with Gasteiger partial charge in [-0.3, -0.25) is 4.90 Å². The molecule has 4 rings (SSSR count). The van der Waals surface area contributed by atoms with E-state index in [-0.39, 0.29) is 0 Å². The van der Waals surface area contributed by atoms with Crippen molar-refractivity contribution in [3.05, 3.63) is 16.7 Å². The van der Waals surface area contributed by atoms with Gasteiger partial charge in [0.05, 0.1) is 13.2 Å². The maximum absolute atomic E-state index is 10.4. The number of rotatable bonds is 2. The van der Waals surface area contributed by atoms with Gasteiger partial charge in [-0.2, -0.15) is 0 Å². The molecule has 0 amide bonds. The number of phenols is 1. The Kier molecular flexibility index (Phi) is 3.01. The van der Waals surface area contributed by atoms with Gasteiger partial charge in [-0.25, -0.2) is 0 Å². The maximum atomic E-state index is 10.4. The van der Waals surface area contributed by atoms with Gasteiger partial charge in [0.2, 0.25) is 0 Å². The van der Waals surface area contributed by atoms with E-state index in [2.05, 4.69) is 11.9 Å². The molecule has 0 radical (unpaired) electrons. The van der Waals surface area contributed by atoms with E-state index in [0.29, 0.717) is 36.7 Å². The van der Waals surface area contributed by atoms with Crippen molar-refractivity contribution in [3.63, 3.8) is 0 Å². The number of phenolic OH excluding ortho intramolecular Hbond substituents is 1. The quantitative estimate of drug-likeness (QED) is 0.857. The first-order valence-corrected chi connectivity index (χ1v) is 7.77. The fourth-order valence-corrected chi connectivity index (χ4v) is 4.09. The van der Waals surface area contributed by atoms with Crippen LogP contribution < -0.4 is 15.2 Å². The molecule has 5 nitrogen and oxygen atoms in total. The van der Waals surface area contributed by atoms with Crippen LogP contribution in [-0.4, -0.2) is 43.4 Å². The Morgan fingerprint density at radius 2 is 1.90 bits per heavy atom. The highest BCUT2D eigenvalue weighted by molar-refractivity contribution is 5.65. The fraction of sp³-hybridized carbons (Fsp3) is 0.625. The van der Waals surface area contributed by atoms with Crippen LogP contribution in [0.25, 0.3) is 0 Å². The van der Waals surface area contributed by atoms with Crippen LogP contribution in [0.2, 0.25) is 0 Å². The van der Waals surface area contributed by atoms with Crippen molar-refractivity contribution in [2.24, 2.45) is 11.7 Å². The van der Waals surface area contributed by atoms with Crippen molar-refractivity contribution in [2.75, 3.05) is 33.4 Å². The maximum Gasteiger partial charge on any atom is 0.165 e. The molecule has 3 heterocycles. The number of aromatic hydroxyl groups is 1. The summed E-state index contributed by atoms with van der Waals surface area (Å²) in [5, 5.41) is 10.4. The van der Waals surface area contributed by atoms with Gasteiger partial charge in [-0.15, -0.1) is 0 Å². The summed E-state index contributed by atoms with van der Waals surface area (Å²) in [6.07, 6.45) is 2.67. The standard InChI is InChI=1S/C16H22N2O3/c1-18-8-9(7-17)6-12(18)13-10-2-4-21-16(10)14(19)11-3-5-20-15(11)13/h9,12,19H,2-8,17H2,1H3. The molecule has 1 aromatic carbocycles. The van der Waals surface area contributed by atoms with Gasteiger partial charge < -0.3 is 20.3 Å². The van der Waals surface area contributed by atoms with Crippen LogP contribution in [0.4, 0.5) is 0 Å². The zero-order valence-corrected chi connectivity index (χ0v) is 12.4. The smallest absolute Gasteiger partial charge is 0.165 e. The largest absolute Gasteiger partial charge is 0.504 e. The number of benzene rings is 1. The molecular weight excluding hydrogens is 268 g/mol. The van der Waals surface area contributed by atoms with E-state index in [1.807, 2.05) is 0 Å². The zero-order chi connectivity index (χ0) is 14.6. The molecule has 1 fully saturated rings. The second kappa shape index (κ2) is 4.78. The van der Waals surface area contributed by atoms with E-state index in [1.165, 1.54) is 5.56 Å². The fourth-order valence-electron chi connectivity index (χ4n) is 4.09. The summed E-state index contributed by atoms with van der Waals surface area (Å²) >= 11 is 0. The molecule has 5 heteroatoms. The van der Waals surface area contributed by atoms with E-state index in [1.54, 1.807) is 0 Å². The third-order valence-corrected chi connectivity index (χ3v) is 5.12. The van der Waals surface area contributed by atoms with Gasteiger partial charge in [0, 0.05) is 42.1 Å². The van der Waals surface area contributed by atoms with Gasteiger partial charge in [-0.05, 0) is 25.9 Å². The SMILES string of the molecule is CN1CC(CN)CC1c1c2c(c(O)c3c1OCC3)OCC2. The van der Waals surface area contributed by atoms with Gasteiger partial charge in [0.1, 0.15) is 5.75 Å². The Bertz CT molecular complexity index is 552. The third-order valence-electron chi connectivity index (χ3n) is 5.12. The van der Waals surface area contributed by atoms with E-state index in [9.17, 15) is 5.11 Å². The number of nitrogens with zero attached hydrogens (tertiary/aromatic N) is 1. The van der Waals surface area contributed by atoms with E-state index >= 15 is 0 Å². The highest BCUT2D eigenvalue weighted by Crippen LogP contribution is 2.53. The lowest BCUT2D eigenvalue weighted by Crippen LogP contribution is -2.21. The van der Waals surface area contributed by atoms with Crippen molar-refractivity contribution >= 4 is 0 Å². The number of nitrogens with two attached hydrogens (primary N) is 1. The van der Waals surface area contributed by atoms with Crippen molar-refractivity contribution in [1.29, 1.82) is 0 Å². The zero-order valence-electron chi connectivity index (χ0n) is 12.4. The summed E-state index contributed by atoms with van der Waals surface area (Å²) < 4.78 is 11.6. The minimum Gasteiger partial charge on any atom is -0.504 e. The number of fused-ring (bicyclic) bond motifs is 2. The van der Waals surface area contributed by atoms with Crippen molar-refractivity contribution in [1.82, 2.24) is 4.90 Å². The Hall–Kier alpha value is -1.46. The molecule has 0 saturated carbocycles. The number of likely N-dealkylation sites (tertiary alicyclic amines) is 1. The summed E-state index contributed by atoms with van der Waals surface area (Å²) in [6.45, 7) is 3.04. The van der Waals surface area contributed by atoms with E-state index in [4.69, 9.17) is 15.2 Å². The molecule has 3 N–H and O–H groups in total. The summed E-state index contributed by atoms with van der Waals surface area (Å²) in [6, 6.07) is 0.321. The van der Waals surface area contributed by atoms with Crippen LogP contribution in [0.3, 0.4) is 0 Å². The average molecular weight is 290 g/mol. The lowest BCUT2D eigenvalue weighted by Gasteiger charge is -2.24. The first-order valence-electron chi connectivity index (χ1n) is 7.77. The molecule has 0 aromatic heterocycles. The topological polar surface area (TPSA) is 68.0 Å². The summed E-state index contributed by atoms with van der Waals surface area (Å²) in [4.78, 5) is 2.37.